The van der Waals surface area contributed by atoms with E-state index in [4.69, 9.17) is 11.6 Å². The fourth-order valence-electron chi connectivity index (χ4n) is 3.99. The molecule has 3 aromatic rings. The highest BCUT2D eigenvalue weighted by Crippen LogP contribution is 2.22. The van der Waals surface area contributed by atoms with Gasteiger partial charge in [-0.2, -0.15) is 3.97 Å². The van der Waals surface area contributed by atoms with Gasteiger partial charge in [0, 0.05) is 11.1 Å². The lowest BCUT2D eigenvalue weighted by Crippen LogP contribution is -2.38. The van der Waals surface area contributed by atoms with Gasteiger partial charge in [0.2, 0.25) is 5.91 Å². The van der Waals surface area contributed by atoms with E-state index in [1.807, 2.05) is 6.92 Å². The number of halogens is 1. The summed E-state index contributed by atoms with van der Waals surface area (Å²) < 4.78 is 28.5. The lowest BCUT2D eigenvalue weighted by molar-refractivity contribution is -0.122. The minimum Gasteiger partial charge on any atom is -0.352 e. The summed E-state index contributed by atoms with van der Waals surface area (Å²) in [6.07, 6.45) is 1.75. The number of carbonyl (C=O) groups excluding carboxylic acids is 1. The van der Waals surface area contributed by atoms with E-state index in [0.717, 1.165) is 36.4 Å². The van der Waals surface area contributed by atoms with Crippen molar-refractivity contribution >= 4 is 38.6 Å². The number of hydrogen-bond acceptors (Lipinski definition) is 5. The van der Waals surface area contributed by atoms with Crippen molar-refractivity contribution in [3.8, 4) is 0 Å². The van der Waals surface area contributed by atoms with Crippen molar-refractivity contribution in [3.05, 3.63) is 64.0 Å². The Morgan fingerprint density at radius 3 is 2.41 bits per heavy atom. The highest BCUT2D eigenvalue weighted by Gasteiger charge is 2.26. The number of nitrogens with one attached hydrogen (secondary N) is 1. The predicted molar refractivity (Wildman–Crippen MR) is 135 cm³/mol. The van der Waals surface area contributed by atoms with Crippen LogP contribution in [-0.2, 0) is 21.4 Å². The topological polar surface area (TPSA) is 93.4 Å². The van der Waals surface area contributed by atoms with Gasteiger partial charge >= 0.3 is 5.69 Å². The molecule has 184 valence electrons. The summed E-state index contributed by atoms with van der Waals surface area (Å²) in [5.41, 5.74) is -0.236. The summed E-state index contributed by atoms with van der Waals surface area (Å²) in [5.74, 6) is -0.347. The Kier molecular flexibility index (Phi) is 8.57. The van der Waals surface area contributed by atoms with Crippen LogP contribution < -0.4 is 11.0 Å². The second-order valence-corrected chi connectivity index (χ2v) is 10.4. The maximum absolute atomic E-state index is 13.3. The molecule has 8 nitrogen and oxygen atoms in total. The van der Waals surface area contributed by atoms with Crippen molar-refractivity contribution < 1.29 is 13.2 Å². The molecule has 0 bridgehead atoms. The molecule has 1 unspecified atom stereocenters. The predicted octanol–water partition coefficient (Wildman–Crippen LogP) is 3.32. The number of nitrogens with zero attached hydrogens (tertiary/aromatic N) is 3. The SMILES string of the molecule is CCN(CC)CCCC(C)NC(=O)Cn1c(=O)n(S(=O)(=O)c2cccc(Cl)c2)c2ccccc21. The maximum Gasteiger partial charge on any atom is 0.343 e. The molecule has 1 atom stereocenters. The van der Waals surface area contributed by atoms with Crippen LogP contribution in [0.25, 0.3) is 11.0 Å². The van der Waals surface area contributed by atoms with Crippen LogP contribution in [0.5, 0.6) is 0 Å². The standard InChI is InChI=1S/C24H31ClN4O4S/c1-4-27(5-2)15-9-10-18(3)26-23(30)17-28-21-13-6-7-14-22(21)29(24(28)31)34(32,33)20-12-8-11-19(25)16-20/h6-8,11-14,16,18H,4-5,9-10,15,17H2,1-3H3,(H,26,30). The van der Waals surface area contributed by atoms with E-state index in [1.165, 1.54) is 22.8 Å². The minimum atomic E-state index is -4.22. The Morgan fingerprint density at radius 1 is 1.09 bits per heavy atom. The van der Waals surface area contributed by atoms with Gasteiger partial charge < -0.3 is 10.2 Å². The van der Waals surface area contributed by atoms with Crippen molar-refractivity contribution in [2.45, 2.75) is 51.1 Å². The number of aromatic nitrogens is 2. The van der Waals surface area contributed by atoms with Crippen LogP contribution in [0, 0.1) is 0 Å². The molecule has 1 heterocycles. The van der Waals surface area contributed by atoms with Gasteiger partial charge in [-0.3, -0.25) is 9.36 Å². The quantitative estimate of drug-likeness (QED) is 0.430. The third-order valence-electron chi connectivity index (χ3n) is 5.85. The molecule has 0 spiro atoms. The average molecular weight is 507 g/mol. The fourth-order valence-corrected chi connectivity index (χ4v) is 5.70. The molecule has 1 aromatic heterocycles. The number of fused-ring (bicyclic) bond motifs is 1. The summed E-state index contributed by atoms with van der Waals surface area (Å²) in [5, 5.41) is 3.17. The van der Waals surface area contributed by atoms with Crippen molar-refractivity contribution in [1.82, 2.24) is 18.8 Å². The average Bonchev–Trinajstić information content (AvgIpc) is 3.08. The summed E-state index contributed by atoms with van der Waals surface area (Å²) in [6.45, 7) is 8.82. The zero-order chi connectivity index (χ0) is 24.9. The molecule has 3 rings (SSSR count). The largest absolute Gasteiger partial charge is 0.352 e. The van der Waals surface area contributed by atoms with Crippen LogP contribution in [0.1, 0.15) is 33.6 Å². The number of rotatable bonds is 11. The first kappa shape index (κ1) is 26.0. The van der Waals surface area contributed by atoms with Crippen molar-refractivity contribution in [2.24, 2.45) is 0 Å². The van der Waals surface area contributed by atoms with Gasteiger partial charge in [0.1, 0.15) is 6.54 Å². The molecular weight excluding hydrogens is 476 g/mol. The molecule has 1 N–H and O–H groups in total. The Hall–Kier alpha value is -2.62. The van der Waals surface area contributed by atoms with Crippen LogP contribution in [0.15, 0.2) is 58.2 Å². The van der Waals surface area contributed by atoms with Crippen LogP contribution in [0.2, 0.25) is 5.02 Å². The number of para-hydroxylation sites is 2. The van der Waals surface area contributed by atoms with Crippen molar-refractivity contribution in [1.29, 1.82) is 0 Å². The molecule has 0 aliphatic rings. The van der Waals surface area contributed by atoms with Crippen molar-refractivity contribution in [2.75, 3.05) is 19.6 Å². The maximum atomic E-state index is 13.3. The van der Waals surface area contributed by atoms with E-state index in [9.17, 15) is 18.0 Å². The number of hydrogen-bond donors (Lipinski definition) is 1. The first-order valence-electron chi connectivity index (χ1n) is 11.4. The number of amides is 1. The molecule has 10 heteroatoms. The minimum absolute atomic E-state index is 0.0673. The Labute approximate surface area is 205 Å². The first-order chi connectivity index (χ1) is 16.2. The zero-order valence-electron chi connectivity index (χ0n) is 19.7. The van der Waals surface area contributed by atoms with Gasteiger partial charge in [-0.05, 0) is 69.7 Å². The summed E-state index contributed by atoms with van der Waals surface area (Å²) >= 11 is 5.98. The summed E-state index contributed by atoms with van der Waals surface area (Å²) in [7, 11) is -4.22. The summed E-state index contributed by atoms with van der Waals surface area (Å²) in [6, 6.07) is 12.2. The highest BCUT2D eigenvalue weighted by molar-refractivity contribution is 7.90. The molecule has 2 aromatic carbocycles. The monoisotopic (exact) mass is 506 g/mol. The van der Waals surface area contributed by atoms with Crippen LogP contribution in [0.4, 0.5) is 0 Å². The Bertz CT molecular complexity index is 1310. The van der Waals surface area contributed by atoms with E-state index < -0.39 is 15.7 Å². The van der Waals surface area contributed by atoms with Gasteiger partial charge in [0.25, 0.3) is 10.0 Å². The normalized spacial score (nSPS) is 12.9. The summed E-state index contributed by atoms with van der Waals surface area (Å²) in [4.78, 5) is 28.2. The number of benzene rings is 2. The smallest absolute Gasteiger partial charge is 0.343 e. The van der Waals surface area contributed by atoms with Gasteiger partial charge in [-0.15, -0.1) is 0 Å². The van der Waals surface area contributed by atoms with Gasteiger partial charge in [-0.1, -0.05) is 43.6 Å². The van der Waals surface area contributed by atoms with Crippen LogP contribution in [-0.4, -0.2) is 53.4 Å². The van der Waals surface area contributed by atoms with E-state index >= 15 is 0 Å². The van der Waals surface area contributed by atoms with Gasteiger partial charge in [0.15, 0.2) is 0 Å². The van der Waals surface area contributed by atoms with E-state index in [-0.39, 0.29) is 33.9 Å². The highest BCUT2D eigenvalue weighted by atomic mass is 35.5. The molecule has 34 heavy (non-hydrogen) atoms. The lowest BCUT2D eigenvalue weighted by Gasteiger charge is -2.19. The lowest BCUT2D eigenvalue weighted by atomic mass is 10.1. The fraction of sp³-hybridized carbons (Fsp3) is 0.417. The molecule has 1 amide bonds. The molecule has 0 saturated heterocycles. The second kappa shape index (κ2) is 11.2. The van der Waals surface area contributed by atoms with Gasteiger partial charge in [0.05, 0.1) is 15.9 Å². The van der Waals surface area contributed by atoms with E-state index in [0.29, 0.717) is 5.52 Å². The Morgan fingerprint density at radius 2 is 1.76 bits per heavy atom. The first-order valence-corrected chi connectivity index (χ1v) is 13.2. The zero-order valence-corrected chi connectivity index (χ0v) is 21.3. The van der Waals surface area contributed by atoms with E-state index in [1.54, 1.807) is 30.3 Å². The molecule has 0 saturated carbocycles. The van der Waals surface area contributed by atoms with E-state index in [2.05, 4.69) is 24.1 Å². The third-order valence-corrected chi connectivity index (χ3v) is 7.76. The third kappa shape index (κ3) is 5.71. The second-order valence-electron chi connectivity index (χ2n) is 8.22. The van der Waals surface area contributed by atoms with Crippen LogP contribution in [0.3, 0.4) is 0 Å². The van der Waals surface area contributed by atoms with Crippen LogP contribution >= 0.6 is 11.6 Å². The number of carbonyl (C=O) groups is 1. The van der Waals surface area contributed by atoms with Crippen molar-refractivity contribution in [3.63, 3.8) is 0 Å². The molecule has 0 aliphatic heterocycles. The molecular formula is C24H31ClN4O4S. The van der Waals surface area contributed by atoms with Gasteiger partial charge in [-0.25, -0.2) is 13.2 Å². The molecule has 0 radical (unpaired) electrons. The Balaban J connectivity index is 1.84. The number of imidazole rings is 1. The molecule has 0 fully saturated rings. The molecule has 0 aliphatic carbocycles.